The molecule has 0 aliphatic carbocycles. The summed E-state index contributed by atoms with van der Waals surface area (Å²) in [5, 5.41) is 9.26. The number of nitrogens with two attached hydrogens (primary N) is 2. The molecule has 0 radical (unpaired) electrons. The fourth-order valence-corrected chi connectivity index (χ4v) is 1.77. The summed E-state index contributed by atoms with van der Waals surface area (Å²) >= 11 is 3.16. The van der Waals surface area contributed by atoms with E-state index in [-0.39, 0.29) is 12.1 Å². The van der Waals surface area contributed by atoms with Gasteiger partial charge < -0.3 is 16.6 Å². The van der Waals surface area contributed by atoms with E-state index < -0.39 is 17.2 Å². The average Bonchev–Trinajstić information content (AvgIpc) is 2.40. The van der Waals surface area contributed by atoms with Crippen LogP contribution < -0.4 is 11.5 Å². The molecule has 1 aromatic carbocycles. The Kier molecular flexibility index (Phi) is 10.5. The fraction of sp³-hybridized carbons (Fsp3) is 0.368. The Labute approximate surface area is 156 Å². The minimum Gasteiger partial charge on any atom is -0.378 e. The van der Waals surface area contributed by atoms with Crippen molar-refractivity contribution in [2.45, 2.75) is 44.9 Å². The zero-order valence-electron chi connectivity index (χ0n) is 14.7. The molecule has 1 aromatic rings. The summed E-state index contributed by atoms with van der Waals surface area (Å²) in [7, 11) is 0. The van der Waals surface area contributed by atoms with Crippen molar-refractivity contribution in [1.82, 2.24) is 0 Å². The van der Waals surface area contributed by atoms with E-state index in [2.05, 4.69) is 34.3 Å². The van der Waals surface area contributed by atoms with E-state index in [1.54, 1.807) is 32.9 Å². The lowest BCUT2D eigenvalue weighted by molar-refractivity contribution is 0.143. The maximum atomic E-state index is 12.6. The van der Waals surface area contributed by atoms with Crippen molar-refractivity contribution in [3.8, 4) is 11.8 Å². The molecule has 1 rings (SSSR count). The van der Waals surface area contributed by atoms with Crippen LogP contribution in [0.4, 0.5) is 8.78 Å². The molecule has 2 unspecified atom stereocenters. The Balaban J connectivity index is 0.000000462. The molecule has 0 heterocycles. The zero-order valence-corrected chi connectivity index (χ0v) is 16.3. The van der Waals surface area contributed by atoms with Crippen molar-refractivity contribution in [3.05, 3.63) is 58.6 Å². The SMILES string of the molecule is C=C(Br)/C=C\C(N)C#CC(C)(C)O.CC(N)Cc1cc(F)cc(F)c1. The number of hydrogen-bond donors (Lipinski definition) is 3. The van der Waals surface area contributed by atoms with Gasteiger partial charge in [0.25, 0.3) is 0 Å². The molecule has 3 nitrogen and oxygen atoms in total. The quantitative estimate of drug-likeness (QED) is 0.522. The summed E-state index contributed by atoms with van der Waals surface area (Å²) in [5.74, 6) is 4.24. The Morgan fingerprint density at radius 3 is 2.24 bits per heavy atom. The van der Waals surface area contributed by atoms with Gasteiger partial charge in [-0.15, -0.1) is 0 Å². The number of benzene rings is 1. The van der Waals surface area contributed by atoms with E-state index in [0.29, 0.717) is 12.0 Å². The summed E-state index contributed by atoms with van der Waals surface area (Å²) in [6, 6.07) is 3.00. The maximum Gasteiger partial charge on any atom is 0.126 e. The van der Waals surface area contributed by atoms with Crippen molar-refractivity contribution in [2.24, 2.45) is 11.5 Å². The lowest BCUT2D eigenvalue weighted by atomic mass is 10.1. The monoisotopic (exact) mass is 414 g/mol. The van der Waals surface area contributed by atoms with Gasteiger partial charge in [-0.1, -0.05) is 46.5 Å². The third-order valence-electron chi connectivity index (χ3n) is 2.51. The van der Waals surface area contributed by atoms with Crippen LogP contribution in [0.15, 0.2) is 41.4 Å². The summed E-state index contributed by atoms with van der Waals surface area (Å²) < 4.78 is 25.9. The van der Waals surface area contributed by atoms with E-state index in [4.69, 9.17) is 11.5 Å². The Hall–Kier alpha value is -1.52. The van der Waals surface area contributed by atoms with Crippen LogP contribution in [-0.4, -0.2) is 22.8 Å². The minimum atomic E-state index is -0.989. The van der Waals surface area contributed by atoms with E-state index in [9.17, 15) is 13.9 Å². The fourth-order valence-electron chi connectivity index (χ4n) is 1.62. The second-order valence-electron chi connectivity index (χ2n) is 6.12. The van der Waals surface area contributed by atoms with Gasteiger partial charge >= 0.3 is 0 Å². The molecule has 0 aliphatic rings. The predicted octanol–water partition coefficient (Wildman–Crippen LogP) is 3.41. The second kappa shape index (κ2) is 11.2. The predicted molar refractivity (Wildman–Crippen MR) is 103 cm³/mol. The van der Waals surface area contributed by atoms with E-state index in [0.717, 1.165) is 10.5 Å². The van der Waals surface area contributed by atoms with Gasteiger partial charge in [0, 0.05) is 16.6 Å². The van der Waals surface area contributed by atoms with Gasteiger partial charge in [0.2, 0.25) is 0 Å². The first-order chi connectivity index (χ1) is 11.4. The first-order valence-corrected chi connectivity index (χ1v) is 8.42. The molecule has 0 spiro atoms. The largest absolute Gasteiger partial charge is 0.378 e. The van der Waals surface area contributed by atoms with Crippen molar-refractivity contribution in [1.29, 1.82) is 0 Å². The van der Waals surface area contributed by atoms with Gasteiger partial charge in [0.05, 0.1) is 6.04 Å². The van der Waals surface area contributed by atoms with Gasteiger partial charge in [0.15, 0.2) is 0 Å². The van der Waals surface area contributed by atoms with Crippen molar-refractivity contribution >= 4 is 15.9 Å². The van der Waals surface area contributed by atoms with E-state index in [1.807, 2.05) is 0 Å². The van der Waals surface area contributed by atoms with Gasteiger partial charge in [0.1, 0.15) is 17.2 Å². The normalized spacial score (nSPS) is 13.3. The molecule has 0 aliphatic heterocycles. The lowest BCUT2D eigenvalue weighted by Crippen LogP contribution is -2.19. The number of aliphatic hydroxyl groups is 1. The highest BCUT2D eigenvalue weighted by molar-refractivity contribution is 9.11. The van der Waals surface area contributed by atoms with Crippen LogP contribution >= 0.6 is 15.9 Å². The number of allylic oxidation sites excluding steroid dienone is 2. The average molecular weight is 415 g/mol. The number of rotatable bonds is 4. The molecule has 5 N–H and O–H groups in total. The molecule has 0 saturated heterocycles. The molecule has 0 saturated carbocycles. The smallest absolute Gasteiger partial charge is 0.126 e. The first kappa shape index (κ1) is 23.5. The lowest BCUT2D eigenvalue weighted by Gasteiger charge is -2.06. The van der Waals surface area contributed by atoms with Crippen LogP contribution in [0.2, 0.25) is 0 Å². The molecule has 0 amide bonds. The topological polar surface area (TPSA) is 72.3 Å². The standard InChI is InChI=1S/C10H14BrNO.C9H11F2N/c1-8(11)4-5-9(12)6-7-10(2,3)13;1-6(12)2-7-3-8(10)5-9(11)4-7/h4-5,9,13H,1,12H2,2-3H3;3-6H,2,12H2,1H3/b5-4-;. The van der Waals surface area contributed by atoms with Crippen LogP contribution in [0.3, 0.4) is 0 Å². The summed E-state index contributed by atoms with van der Waals surface area (Å²) in [5.41, 5.74) is 10.7. The Morgan fingerprint density at radius 2 is 1.84 bits per heavy atom. The summed E-state index contributed by atoms with van der Waals surface area (Å²) in [6.07, 6.45) is 3.92. The highest BCUT2D eigenvalue weighted by Gasteiger charge is 2.06. The van der Waals surface area contributed by atoms with Gasteiger partial charge in [-0.3, -0.25) is 0 Å². The highest BCUT2D eigenvalue weighted by Crippen LogP contribution is 2.09. The number of halogens is 3. The van der Waals surface area contributed by atoms with Crippen molar-refractivity contribution in [2.75, 3.05) is 0 Å². The van der Waals surface area contributed by atoms with Crippen LogP contribution in [-0.2, 0) is 6.42 Å². The van der Waals surface area contributed by atoms with Crippen molar-refractivity contribution in [3.63, 3.8) is 0 Å². The molecule has 0 fully saturated rings. The Morgan fingerprint density at radius 1 is 1.32 bits per heavy atom. The van der Waals surface area contributed by atoms with Crippen LogP contribution in [0.25, 0.3) is 0 Å². The maximum absolute atomic E-state index is 12.6. The van der Waals surface area contributed by atoms with Crippen LogP contribution in [0, 0.1) is 23.5 Å². The highest BCUT2D eigenvalue weighted by atomic mass is 79.9. The molecule has 25 heavy (non-hydrogen) atoms. The molecule has 0 bridgehead atoms. The molecule has 2 atom stereocenters. The van der Waals surface area contributed by atoms with E-state index in [1.165, 1.54) is 12.1 Å². The zero-order chi connectivity index (χ0) is 19.6. The third-order valence-corrected chi connectivity index (χ3v) is 2.77. The van der Waals surface area contributed by atoms with Gasteiger partial charge in [-0.25, -0.2) is 8.78 Å². The van der Waals surface area contributed by atoms with Gasteiger partial charge in [-0.2, -0.15) is 0 Å². The molecular formula is C19H25BrF2N2O. The second-order valence-corrected chi connectivity index (χ2v) is 7.14. The molecule has 138 valence electrons. The summed E-state index contributed by atoms with van der Waals surface area (Å²) in [6.45, 7) is 8.63. The molecule has 0 aromatic heterocycles. The minimum absolute atomic E-state index is 0.0776. The first-order valence-electron chi connectivity index (χ1n) is 7.63. The molecular weight excluding hydrogens is 390 g/mol. The van der Waals surface area contributed by atoms with Crippen molar-refractivity contribution < 1.29 is 13.9 Å². The van der Waals surface area contributed by atoms with E-state index >= 15 is 0 Å². The van der Waals surface area contributed by atoms with Gasteiger partial charge in [-0.05, 0) is 44.9 Å². The van der Waals surface area contributed by atoms with Crippen LogP contribution in [0.5, 0.6) is 0 Å². The summed E-state index contributed by atoms with van der Waals surface area (Å²) in [4.78, 5) is 0. The molecule has 6 heteroatoms. The Bertz CT molecular complexity index is 635. The number of hydrogen-bond acceptors (Lipinski definition) is 3. The van der Waals surface area contributed by atoms with Crippen LogP contribution in [0.1, 0.15) is 26.3 Å². The third kappa shape index (κ3) is 14.5.